The Hall–Kier alpha value is -1.74. The Bertz CT molecular complexity index is 480. The highest BCUT2D eigenvalue weighted by Crippen LogP contribution is 2.20. The van der Waals surface area contributed by atoms with E-state index in [9.17, 15) is 8.78 Å². The number of hydrogen-bond acceptors (Lipinski definition) is 1. The maximum absolute atomic E-state index is 12.3. The summed E-state index contributed by atoms with van der Waals surface area (Å²) in [6.45, 7) is 0. The van der Waals surface area contributed by atoms with Crippen LogP contribution in [0.25, 0.3) is 11.1 Å². The van der Waals surface area contributed by atoms with Crippen LogP contribution >= 0.6 is 0 Å². The summed E-state index contributed by atoms with van der Waals surface area (Å²) >= 11 is 0. The van der Waals surface area contributed by atoms with E-state index in [4.69, 9.17) is 5.73 Å². The van der Waals surface area contributed by atoms with Crippen molar-refractivity contribution in [3.8, 4) is 11.1 Å². The molecule has 2 aromatic carbocycles. The van der Waals surface area contributed by atoms with Crippen LogP contribution in [0.1, 0.15) is 5.56 Å². The minimum atomic E-state index is -2.47. The van der Waals surface area contributed by atoms with Crippen LogP contribution in [0.5, 0.6) is 0 Å². The minimum absolute atomic E-state index is 0.201. The third-order valence-electron chi connectivity index (χ3n) is 2.86. The van der Waals surface area contributed by atoms with Gasteiger partial charge >= 0.3 is 0 Å². The van der Waals surface area contributed by atoms with Crippen LogP contribution in [0.4, 0.5) is 8.78 Å². The molecule has 1 nitrogen and oxygen atoms in total. The van der Waals surface area contributed by atoms with E-state index in [1.807, 2.05) is 54.6 Å². The summed E-state index contributed by atoms with van der Waals surface area (Å²) < 4.78 is 24.7. The first-order valence-electron chi connectivity index (χ1n) is 5.85. The van der Waals surface area contributed by atoms with Crippen molar-refractivity contribution >= 4 is 0 Å². The Balaban J connectivity index is 2.11. The average Bonchev–Trinajstić information content (AvgIpc) is 2.40. The predicted molar refractivity (Wildman–Crippen MR) is 69.6 cm³/mol. The van der Waals surface area contributed by atoms with Crippen LogP contribution in [0, 0.1) is 0 Å². The van der Waals surface area contributed by atoms with Crippen molar-refractivity contribution in [1.29, 1.82) is 0 Å². The number of halogens is 2. The van der Waals surface area contributed by atoms with E-state index in [0.29, 0.717) is 0 Å². The van der Waals surface area contributed by atoms with Gasteiger partial charge in [0.15, 0.2) is 0 Å². The van der Waals surface area contributed by atoms with Crippen molar-refractivity contribution in [1.82, 2.24) is 0 Å². The molecule has 94 valence electrons. The average molecular weight is 247 g/mol. The second kappa shape index (κ2) is 5.74. The summed E-state index contributed by atoms with van der Waals surface area (Å²) in [4.78, 5) is 0. The lowest BCUT2D eigenvalue weighted by atomic mass is 10.0. The second-order valence-electron chi connectivity index (χ2n) is 4.27. The standard InChI is InChI=1S/C15H15F2N/c16-15(17)14(18)10-11-6-8-13(9-7-11)12-4-2-1-3-5-12/h1-9,14-15H,10,18H2. The molecule has 0 aliphatic heterocycles. The zero-order valence-corrected chi connectivity index (χ0v) is 9.89. The molecule has 0 fully saturated rings. The zero-order valence-electron chi connectivity index (χ0n) is 9.89. The van der Waals surface area contributed by atoms with Crippen LogP contribution in [0.3, 0.4) is 0 Å². The third-order valence-corrected chi connectivity index (χ3v) is 2.86. The van der Waals surface area contributed by atoms with Crippen molar-refractivity contribution in [3.63, 3.8) is 0 Å². The molecule has 0 bridgehead atoms. The van der Waals surface area contributed by atoms with Crippen molar-refractivity contribution in [2.24, 2.45) is 5.73 Å². The Labute approximate surface area is 105 Å². The minimum Gasteiger partial charge on any atom is -0.323 e. The fourth-order valence-electron chi connectivity index (χ4n) is 1.83. The van der Waals surface area contributed by atoms with Gasteiger partial charge in [-0.1, -0.05) is 54.6 Å². The highest BCUT2D eigenvalue weighted by molar-refractivity contribution is 5.63. The first-order valence-corrected chi connectivity index (χ1v) is 5.85. The molecule has 0 aliphatic carbocycles. The van der Waals surface area contributed by atoms with Gasteiger partial charge in [0.1, 0.15) is 0 Å². The molecule has 2 aromatic rings. The van der Waals surface area contributed by atoms with Gasteiger partial charge in [0.2, 0.25) is 0 Å². The molecule has 0 heterocycles. The lowest BCUT2D eigenvalue weighted by Gasteiger charge is -2.10. The number of alkyl halides is 2. The van der Waals surface area contributed by atoms with Gasteiger partial charge < -0.3 is 5.73 Å². The summed E-state index contributed by atoms with van der Waals surface area (Å²) in [6, 6.07) is 16.4. The van der Waals surface area contributed by atoms with E-state index in [-0.39, 0.29) is 6.42 Å². The maximum atomic E-state index is 12.3. The van der Waals surface area contributed by atoms with Crippen molar-refractivity contribution in [3.05, 3.63) is 60.2 Å². The Morgan fingerprint density at radius 3 is 1.94 bits per heavy atom. The van der Waals surface area contributed by atoms with Crippen LogP contribution in [-0.4, -0.2) is 12.5 Å². The Kier molecular flexibility index (Phi) is 4.05. The van der Waals surface area contributed by atoms with Gasteiger partial charge in [-0.05, 0) is 23.1 Å². The van der Waals surface area contributed by atoms with Gasteiger partial charge in [0.05, 0.1) is 6.04 Å². The van der Waals surface area contributed by atoms with Crippen molar-refractivity contribution < 1.29 is 8.78 Å². The summed E-state index contributed by atoms with van der Waals surface area (Å²) in [5.74, 6) is 0. The van der Waals surface area contributed by atoms with Gasteiger partial charge in [-0.15, -0.1) is 0 Å². The molecule has 0 spiro atoms. The molecule has 0 amide bonds. The molecule has 1 unspecified atom stereocenters. The lowest BCUT2D eigenvalue weighted by molar-refractivity contribution is 0.116. The summed E-state index contributed by atoms with van der Waals surface area (Å²) in [5.41, 5.74) is 8.37. The molecule has 2 rings (SSSR count). The van der Waals surface area contributed by atoms with Crippen LogP contribution in [-0.2, 0) is 6.42 Å². The predicted octanol–water partition coefficient (Wildman–Crippen LogP) is 3.49. The van der Waals surface area contributed by atoms with Gasteiger partial charge in [0, 0.05) is 0 Å². The fourth-order valence-corrected chi connectivity index (χ4v) is 1.83. The molecule has 18 heavy (non-hydrogen) atoms. The summed E-state index contributed by atoms with van der Waals surface area (Å²) in [5, 5.41) is 0. The first-order chi connectivity index (χ1) is 8.66. The van der Waals surface area contributed by atoms with E-state index in [2.05, 4.69) is 0 Å². The quantitative estimate of drug-likeness (QED) is 0.879. The Morgan fingerprint density at radius 1 is 0.833 bits per heavy atom. The SMILES string of the molecule is NC(Cc1ccc(-c2ccccc2)cc1)C(F)F. The molecule has 0 saturated carbocycles. The molecule has 2 N–H and O–H groups in total. The number of nitrogens with two attached hydrogens (primary N) is 1. The van der Waals surface area contributed by atoms with E-state index < -0.39 is 12.5 Å². The molecule has 3 heteroatoms. The largest absolute Gasteiger partial charge is 0.323 e. The zero-order chi connectivity index (χ0) is 13.0. The highest BCUT2D eigenvalue weighted by Gasteiger charge is 2.15. The van der Waals surface area contributed by atoms with Crippen LogP contribution in [0.2, 0.25) is 0 Å². The van der Waals surface area contributed by atoms with Crippen molar-refractivity contribution in [2.75, 3.05) is 0 Å². The third kappa shape index (κ3) is 3.14. The first kappa shape index (κ1) is 12.7. The monoisotopic (exact) mass is 247 g/mol. The molecule has 0 aromatic heterocycles. The van der Waals surface area contributed by atoms with Gasteiger partial charge in [-0.25, -0.2) is 8.78 Å². The number of rotatable bonds is 4. The normalized spacial score (nSPS) is 12.7. The summed E-state index contributed by atoms with van der Waals surface area (Å²) in [7, 11) is 0. The molecule has 1 atom stereocenters. The van der Waals surface area contributed by atoms with Crippen LogP contribution < -0.4 is 5.73 Å². The second-order valence-corrected chi connectivity index (χ2v) is 4.27. The molecular formula is C15H15F2N. The lowest BCUT2D eigenvalue weighted by Crippen LogP contribution is -2.30. The van der Waals surface area contributed by atoms with Gasteiger partial charge in [0.25, 0.3) is 6.43 Å². The summed E-state index contributed by atoms with van der Waals surface area (Å²) in [6.07, 6.45) is -2.27. The molecular weight excluding hydrogens is 232 g/mol. The Morgan fingerprint density at radius 2 is 1.39 bits per heavy atom. The van der Waals surface area contributed by atoms with E-state index in [1.165, 1.54) is 0 Å². The van der Waals surface area contributed by atoms with E-state index in [0.717, 1.165) is 16.7 Å². The fraction of sp³-hybridized carbons (Fsp3) is 0.200. The van der Waals surface area contributed by atoms with Gasteiger partial charge in [-0.3, -0.25) is 0 Å². The van der Waals surface area contributed by atoms with E-state index in [1.54, 1.807) is 0 Å². The van der Waals surface area contributed by atoms with E-state index >= 15 is 0 Å². The van der Waals surface area contributed by atoms with Gasteiger partial charge in [-0.2, -0.15) is 0 Å². The molecule has 0 saturated heterocycles. The van der Waals surface area contributed by atoms with Crippen molar-refractivity contribution in [2.45, 2.75) is 18.9 Å². The van der Waals surface area contributed by atoms with Crippen LogP contribution in [0.15, 0.2) is 54.6 Å². The topological polar surface area (TPSA) is 26.0 Å². The molecule has 0 radical (unpaired) electrons. The molecule has 0 aliphatic rings. The number of benzene rings is 2. The number of hydrogen-bond donors (Lipinski definition) is 1. The maximum Gasteiger partial charge on any atom is 0.253 e. The highest BCUT2D eigenvalue weighted by atomic mass is 19.3. The smallest absolute Gasteiger partial charge is 0.253 e.